The zero-order chi connectivity index (χ0) is 26.4. The first-order valence-corrected chi connectivity index (χ1v) is 12.2. The maximum absolute atomic E-state index is 14.2. The Balaban J connectivity index is 1.51. The van der Waals surface area contributed by atoms with Gasteiger partial charge >= 0.3 is 0 Å². The molecule has 0 spiro atoms. The van der Waals surface area contributed by atoms with Crippen molar-refractivity contribution >= 4 is 34.0 Å². The molecule has 0 aromatic heterocycles. The molecule has 2 aliphatic heterocycles. The Kier molecular flexibility index (Phi) is 5.88. The van der Waals surface area contributed by atoms with Crippen LogP contribution in [0.1, 0.15) is 11.6 Å². The number of fused-ring (bicyclic) bond motifs is 2. The van der Waals surface area contributed by atoms with Gasteiger partial charge in [0.05, 0.1) is 32.7 Å². The molecule has 8 heteroatoms. The van der Waals surface area contributed by atoms with Crippen LogP contribution in [0.15, 0.2) is 84.9 Å². The minimum absolute atomic E-state index is 0.336. The summed E-state index contributed by atoms with van der Waals surface area (Å²) < 4.78 is 16.8. The van der Waals surface area contributed by atoms with E-state index >= 15 is 0 Å². The number of hydrogen-bond acceptors (Lipinski definition) is 7. The van der Waals surface area contributed by atoms with E-state index < -0.39 is 24.0 Å². The molecule has 8 nitrogen and oxygen atoms in total. The van der Waals surface area contributed by atoms with Gasteiger partial charge in [-0.05, 0) is 29.7 Å². The number of benzene rings is 4. The SMILES string of the molecule is COc1cc(OC)c([C@@H]2[C@H]3C(=O)N(c4cccc5ccccc45)C(=O)[C@H]3ON2c2ccccc2)cc1OC. The quantitative estimate of drug-likeness (QED) is 0.341. The number of amides is 2. The van der Waals surface area contributed by atoms with Crippen molar-refractivity contribution in [3.8, 4) is 17.2 Å². The van der Waals surface area contributed by atoms with Gasteiger partial charge in [-0.1, -0.05) is 54.6 Å². The number of hydroxylamine groups is 1. The van der Waals surface area contributed by atoms with Gasteiger partial charge in [0.2, 0.25) is 5.91 Å². The van der Waals surface area contributed by atoms with Gasteiger partial charge in [-0.15, -0.1) is 0 Å². The van der Waals surface area contributed by atoms with E-state index in [9.17, 15) is 9.59 Å². The third-order valence-corrected chi connectivity index (χ3v) is 7.19. The van der Waals surface area contributed by atoms with Crippen LogP contribution >= 0.6 is 0 Å². The normalized spacial score (nSPS) is 20.7. The van der Waals surface area contributed by atoms with E-state index in [0.717, 1.165) is 10.8 Å². The van der Waals surface area contributed by atoms with Gasteiger partial charge < -0.3 is 14.2 Å². The number of nitrogens with zero attached hydrogens (tertiary/aromatic N) is 2. The Labute approximate surface area is 219 Å². The van der Waals surface area contributed by atoms with Crippen molar-refractivity contribution < 1.29 is 28.6 Å². The first-order chi connectivity index (χ1) is 18.6. The Morgan fingerprint density at radius 3 is 2.11 bits per heavy atom. The van der Waals surface area contributed by atoms with Crippen LogP contribution in [0, 0.1) is 5.92 Å². The van der Waals surface area contributed by atoms with Gasteiger partial charge in [-0.2, -0.15) is 0 Å². The Bertz CT molecular complexity index is 1530. The molecule has 3 atom stereocenters. The highest BCUT2D eigenvalue weighted by Gasteiger charge is 2.61. The summed E-state index contributed by atoms with van der Waals surface area (Å²) in [5.41, 5.74) is 1.89. The lowest BCUT2D eigenvalue weighted by Gasteiger charge is -2.30. The monoisotopic (exact) mass is 510 g/mol. The molecule has 2 fully saturated rings. The van der Waals surface area contributed by atoms with Gasteiger partial charge in [0.25, 0.3) is 5.91 Å². The molecule has 0 unspecified atom stereocenters. The average Bonchev–Trinajstić information content (AvgIpc) is 3.47. The maximum Gasteiger partial charge on any atom is 0.266 e. The number of hydrogen-bond donors (Lipinski definition) is 0. The van der Waals surface area contributed by atoms with Crippen LogP contribution in [-0.4, -0.2) is 39.2 Å². The summed E-state index contributed by atoms with van der Waals surface area (Å²) in [6, 6.07) is 25.5. The second-order valence-corrected chi connectivity index (χ2v) is 9.12. The van der Waals surface area contributed by atoms with Crippen LogP contribution in [0.25, 0.3) is 10.8 Å². The minimum atomic E-state index is -1.01. The molecule has 0 aliphatic carbocycles. The number of carbonyl (C=O) groups is 2. The topological polar surface area (TPSA) is 77.5 Å². The summed E-state index contributed by atoms with van der Waals surface area (Å²) in [5, 5.41) is 3.39. The molecule has 38 heavy (non-hydrogen) atoms. The van der Waals surface area contributed by atoms with E-state index in [1.807, 2.05) is 66.7 Å². The van der Waals surface area contributed by atoms with Gasteiger partial charge in [-0.25, -0.2) is 9.96 Å². The predicted octanol–water partition coefficient (Wildman–Crippen LogP) is 4.92. The fourth-order valence-electron chi connectivity index (χ4n) is 5.45. The van der Waals surface area contributed by atoms with Crippen molar-refractivity contribution in [3.05, 3.63) is 90.5 Å². The summed E-state index contributed by atoms with van der Waals surface area (Å²) in [6.45, 7) is 0. The van der Waals surface area contributed by atoms with Crippen molar-refractivity contribution in [1.29, 1.82) is 0 Å². The molecule has 6 rings (SSSR count). The van der Waals surface area contributed by atoms with Crippen LogP contribution in [-0.2, 0) is 14.4 Å². The number of imide groups is 1. The highest BCUT2D eigenvalue weighted by atomic mass is 16.7. The van der Waals surface area contributed by atoms with Crippen molar-refractivity contribution in [2.75, 3.05) is 31.3 Å². The molecule has 0 radical (unpaired) electrons. The molecule has 0 N–H and O–H groups in total. The maximum atomic E-state index is 14.2. The van der Waals surface area contributed by atoms with E-state index in [2.05, 4.69) is 0 Å². The van der Waals surface area contributed by atoms with Gasteiger partial charge in [0.15, 0.2) is 17.6 Å². The number of methoxy groups -OCH3 is 3. The summed E-state index contributed by atoms with van der Waals surface area (Å²) in [4.78, 5) is 35.6. The average molecular weight is 511 g/mol. The minimum Gasteiger partial charge on any atom is -0.496 e. The van der Waals surface area contributed by atoms with Crippen molar-refractivity contribution in [2.45, 2.75) is 12.1 Å². The third kappa shape index (κ3) is 3.56. The fourth-order valence-corrected chi connectivity index (χ4v) is 5.45. The molecule has 4 aromatic carbocycles. The van der Waals surface area contributed by atoms with Crippen LogP contribution in [0.4, 0.5) is 11.4 Å². The molecule has 0 saturated carbocycles. The van der Waals surface area contributed by atoms with Gasteiger partial charge in [0, 0.05) is 17.0 Å². The van der Waals surface area contributed by atoms with Crippen LogP contribution in [0.2, 0.25) is 0 Å². The Hall–Kier alpha value is -4.56. The number of ether oxygens (including phenoxy) is 3. The van der Waals surface area contributed by atoms with Crippen molar-refractivity contribution in [1.82, 2.24) is 0 Å². The highest BCUT2D eigenvalue weighted by Crippen LogP contribution is 2.51. The lowest BCUT2D eigenvalue weighted by atomic mass is 9.89. The van der Waals surface area contributed by atoms with E-state index in [-0.39, 0.29) is 5.91 Å². The molecule has 2 aliphatic rings. The van der Waals surface area contributed by atoms with Gasteiger partial charge in [0.1, 0.15) is 17.7 Å². The molecule has 4 aromatic rings. The summed E-state index contributed by atoms with van der Waals surface area (Å²) >= 11 is 0. The number of para-hydroxylation sites is 1. The standard InChI is InChI=1S/C30H26N2O6/c1-35-23-17-25(37-3)24(36-2)16-21(23)27-26-28(38-32(27)19-12-5-4-6-13-19)30(34)31(29(26)33)22-15-9-11-18-10-7-8-14-20(18)22/h4-17,26-28H,1-3H3/t26-,27-,28+/m1/s1. The van der Waals surface area contributed by atoms with E-state index in [1.165, 1.54) is 4.90 Å². The van der Waals surface area contributed by atoms with Gasteiger partial charge in [-0.3, -0.25) is 14.4 Å². The van der Waals surface area contributed by atoms with Crippen LogP contribution in [0.3, 0.4) is 0 Å². The summed E-state index contributed by atoms with van der Waals surface area (Å²) in [5.74, 6) is -0.116. The first kappa shape index (κ1) is 23.8. The molecule has 192 valence electrons. The van der Waals surface area contributed by atoms with Crippen LogP contribution in [0.5, 0.6) is 17.2 Å². The fraction of sp³-hybridized carbons (Fsp3) is 0.200. The number of rotatable bonds is 6. The second-order valence-electron chi connectivity index (χ2n) is 9.12. The second kappa shape index (κ2) is 9.39. The molecule has 2 heterocycles. The molecule has 2 amide bonds. The molecular weight excluding hydrogens is 484 g/mol. The molecule has 0 bridgehead atoms. The third-order valence-electron chi connectivity index (χ3n) is 7.19. The zero-order valence-corrected chi connectivity index (χ0v) is 21.2. The van der Waals surface area contributed by atoms with E-state index in [4.69, 9.17) is 19.0 Å². The van der Waals surface area contributed by atoms with E-state index in [1.54, 1.807) is 44.6 Å². The molecule has 2 saturated heterocycles. The first-order valence-electron chi connectivity index (χ1n) is 12.2. The number of carbonyl (C=O) groups excluding carboxylic acids is 2. The largest absolute Gasteiger partial charge is 0.496 e. The van der Waals surface area contributed by atoms with E-state index in [0.29, 0.717) is 34.2 Å². The van der Waals surface area contributed by atoms with Crippen LogP contribution < -0.4 is 24.2 Å². The zero-order valence-electron chi connectivity index (χ0n) is 21.2. The summed E-state index contributed by atoms with van der Waals surface area (Å²) in [6.07, 6.45) is -1.01. The molecular formula is C30H26N2O6. The summed E-state index contributed by atoms with van der Waals surface area (Å²) in [7, 11) is 4.64. The predicted molar refractivity (Wildman–Crippen MR) is 143 cm³/mol. The lowest BCUT2D eigenvalue weighted by Crippen LogP contribution is -2.37. The number of anilines is 2. The van der Waals surface area contributed by atoms with Crippen molar-refractivity contribution in [3.63, 3.8) is 0 Å². The Morgan fingerprint density at radius 1 is 0.711 bits per heavy atom. The van der Waals surface area contributed by atoms with Crippen molar-refractivity contribution in [2.24, 2.45) is 5.92 Å². The Morgan fingerprint density at radius 2 is 1.37 bits per heavy atom. The lowest BCUT2D eigenvalue weighted by molar-refractivity contribution is -0.126. The highest BCUT2D eigenvalue weighted by molar-refractivity contribution is 6.26. The smallest absolute Gasteiger partial charge is 0.266 e.